The van der Waals surface area contributed by atoms with Crippen LogP contribution in [-0.2, 0) is 0 Å². The second kappa shape index (κ2) is 10.4. The number of anilines is 1. The third-order valence-electron chi connectivity index (χ3n) is 9.44. The smallest absolute Gasteiger partial charge is 0.203 e. The molecule has 3 atom stereocenters. The zero-order valence-electron chi connectivity index (χ0n) is 25.2. The summed E-state index contributed by atoms with van der Waals surface area (Å²) in [6.45, 7) is 1.93. The van der Waals surface area contributed by atoms with Crippen molar-refractivity contribution < 1.29 is 33.0 Å². The molecule has 7 nitrogen and oxygen atoms in total. The summed E-state index contributed by atoms with van der Waals surface area (Å²) in [5, 5.41) is 0. The lowest BCUT2D eigenvalue weighted by Crippen LogP contribution is -2.48. The number of halogens is 1. The van der Waals surface area contributed by atoms with Crippen molar-refractivity contribution in [2.75, 3.05) is 26.2 Å². The van der Waals surface area contributed by atoms with Crippen molar-refractivity contribution in [3.8, 4) is 17.2 Å². The fraction of sp³-hybridized carbons (Fsp3) is 0.216. The van der Waals surface area contributed by atoms with Crippen LogP contribution >= 0.6 is 0 Å². The highest BCUT2D eigenvalue weighted by atomic mass is 19.1. The molecule has 226 valence electrons. The van der Waals surface area contributed by atoms with Gasteiger partial charge in [-0.1, -0.05) is 72.3 Å². The van der Waals surface area contributed by atoms with E-state index in [4.69, 9.17) is 14.2 Å². The molecule has 7 rings (SSSR count). The van der Waals surface area contributed by atoms with Crippen molar-refractivity contribution >= 4 is 29.1 Å². The SMILES string of the molecule is COc1ccc(C2C(C(=O)c3ccc(C)cc3)N3c4ccc(F)cc4C=CC3C23C(=O)c2ccccc2C3=O)c(OC)c1OC. The van der Waals surface area contributed by atoms with Crippen molar-refractivity contribution in [2.24, 2.45) is 5.41 Å². The number of hydrogen-bond donors (Lipinski definition) is 0. The number of fused-ring (bicyclic) bond motifs is 5. The summed E-state index contributed by atoms with van der Waals surface area (Å²) in [5.41, 5.74) is 1.77. The predicted octanol–water partition coefficient (Wildman–Crippen LogP) is 6.48. The maximum absolute atomic E-state index is 14.9. The van der Waals surface area contributed by atoms with E-state index >= 15 is 0 Å². The van der Waals surface area contributed by atoms with Crippen molar-refractivity contribution in [3.63, 3.8) is 0 Å². The van der Waals surface area contributed by atoms with Crippen LogP contribution in [0.5, 0.6) is 17.2 Å². The van der Waals surface area contributed by atoms with Gasteiger partial charge in [-0.3, -0.25) is 14.4 Å². The van der Waals surface area contributed by atoms with Crippen molar-refractivity contribution in [3.05, 3.63) is 124 Å². The fourth-order valence-corrected chi connectivity index (χ4v) is 7.55. The van der Waals surface area contributed by atoms with Crippen LogP contribution in [-0.4, -0.2) is 50.8 Å². The summed E-state index contributed by atoms with van der Waals surface area (Å²) in [4.78, 5) is 46.6. The number of benzene rings is 4. The standard InChI is InChI=1S/C37H30FNO6/c1-20-9-11-21(12-10-20)32(40)31-30(26-15-17-28(43-2)34(45-4)33(26)44-3)37(35(41)24-7-5-6-8-25(24)36(37)42)29-18-13-22-19-23(38)14-16-27(22)39(29)31/h5-19,29-31H,1-4H3. The Bertz CT molecular complexity index is 1900. The van der Waals surface area contributed by atoms with Crippen molar-refractivity contribution in [1.29, 1.82) is 0 Å². The first-order chi connectivity index (χ1) is 21.8. The van der Waals surface area contributed by atoms with Crippen LogP contribution in [0.4, 0.5) is 10.1 Å². The Balaban J connectivity index is 1.59. The average molecular weight is 604 g/mol. The quantitative estimate of drug-likeness (QED) is 0.184. The number of nitrogens with zero attached hydrogens (tertiary/aromatic N) is 1. The average Bonchev–Trinajstić information content (AvgIpc) is 3.49. The molecule has 1 saturated heterocycles. The van der Waals surface area contributed by atoms with Gasteiger partial charge in [0.2, 0.25) is 5.75 Å². The molecule has 0 saturated carbocycles. The van der Waals surface area contributed by atoms with E-state index in [2.05, 4.69) is 0 Å². The number of ether oxygens (including phenoxy) is 3. The molecular weight excluding hydrogens is 573 g/mol. The highest BCUT2D eigenvalue weighted by Gasteiger charge is 2.72. The predicted molar refractivity (Wildman–Crippen MR) is 167 cm³/mol. The molecule has 2 heterocycles. The number of ketones is 3. The molecule has 45 heavy (non-hydrogen) atoms. The summed E-state index contributed by atoms with van der Waals surface area (Å²) < 4.78 is 31.7. The summed E-state index contributed by atoms with van der Waals surface area (Å²) in [7, 11) is 4.44. The highest BCUT2D eigenvalue weighted by molar-refractivity contribution is 6.32. The van der Waals surface area contributed by atoms with Crippen LogP contribution in [0.3, 0.4) is 0 Å². The normalized spacial score (nSPS) is 20.6. The van der Waals surface area contributed by atoms with Crippen LogP contribution in [0.15, 0.2) is 84.9 Å². The van der Waals surface area contributed by atoms with Gasteiger partial charge < -0.3 is 19.1 Å². The first-order valence-electron chi connectivity index (χ1n) is 14.6. The first-order valence-corrected chi connectivity index (χ1v) is 14.6. The van der Waals surface area contributed by atoms with Crippen LogP contribution in [0.25, 0.3) is 6.08 Å². The van der Waals surface area contributed by atoms with Crippen LogP contribution in [0.2, 0.25) is 0 Å². The second-order valence-corrected chi connectivity index (χ2v) is 11.6. The van der Waals surface area contributed by atoms with Crippen LogP contribution in [0.1, 0.15) is 53.7 Å². The van der Waals surface area contributed by atoms with Crippen LogP contribution < -0.4 is 19.1 Å². The monoisotopic (exact) mass is 603 g/mol. The topological polar surface area (TPSA) is 82.1 Å². The molecule has 1 aliphatic carbocycles. The van der Waals surface area contributed by atoms with Gasteiger partial charge in [0.15, 0.2) is 28.8 Å². The molecule has 1 spiro atoms. The molecule has 4 aromatic rings. The van der Waals surface area contributed by atoms with E-state index in [0.29, 0.717) is 39.3 Å². The lowest BCUT2D eigenvalue weighted by atomic mass is 9.64. The summed E-state index contributed by atoms with van der Waals surface area (Å²) in [6.07, 6.45) is 3.48. The fourth-order valence-electron chi connectivity index (χ4n) is 7.55. The largest absolute Gasteiger partial charge is 0.493 e. The maximum Gasteiger partial charge on any atom is 0.203 e. The molecule has 2 aliphatic heterocycles. The zero-order chi connectivity index (χ0) is 31.6. The van der Waals surface area contributed by atoms with E-state index in [1.54, 1.807) is 66.7 Å². The Labute approximate surface area is 259 Å². The third-order valence-corrected chi connectivity index (χ3v) is 9.44. The van der Waals surface area contributed by atoms with Crippen molar-refractivity contribution in [2.45, 2.75) is 24.9 Å². The van der Waals surface area contributed by atoms with Crippen molar-refractivity contribution in [1.82, 2.24) is 0 Å². The first kappa shape index (κ1) is 28.5. The summed E-state index contributed by atoms with van der Waals surface area (Å²) >= 11 is 0. The minimum absolute atomic E-state index is 0.252. The second-order valence-electron chi connectivity index (χ2n) is 11.6. The van der Waals surface area contributed by atoms with Gasteiger partial charge in [-0.25, -0.2) is 4.39 Å². The molecule has 1 fully saturated rings. The molecule has 0 radical (unpaired) electrons. The number of Topliss-reactive ketones (excluding diaryl/α,β-unsaturated/α-hetero) is 3. The Kier molecular flexibility index (Phi) is 6.62. The molecule has 3 unspecified atom stereocenters. The van der Waals surface area contributed by atoms with Gasteiger partial charge in [0.25, 0.3) is 0 Å². The summed E-state index contributed by atoms with van der Waals surface area (Å²) in [5.74, 6) is -1.62. The Morgan fingerprint density at radius 2 is 1.49 bits per heavy atom. The Morgan fingerprint density at radius 3 is 2.11 bits per heavy atom. The van der Waals surface area contributed by atoms with E-state index in [1.807, 2.05) is 24.0 Å². The number of carbonyl (C=O) groups is 3. The van der Waals surface area contributed by atoms with E-state index in [-0.39, 0.29) is 28.8 Å². The van der Waals surface area contributed by atoms with Gasteiger partial charge in [-0.15, -0.1) is 0 Å². The van der Waals surface area contributed by atoms with E-state index in [0.717, 1.165) is 5.56 Å². The van der Waals surface area contributed by atoms with Gasteiger partial charge in [0.1, 0.15) is 17.3 Å². The number of carbonyl (C=O) groups excluding carboxylic acids is 3. The molecule has 0 bridgehead atoms. The number of hydrogen-bond acceptors (Lipinski definition) is 7. The number of aryl methyl sites for hydroxylation is 1. The molecule has 3 aliphatic rings. The molecule has 0 N–H and O–H groups in total. The molecule has 0 aromatic heterocycles. The van der Waals surface area contributed by atoms with Crippen LogP contribution in [0, 0.1) is 18.2 Å². The van der Waals surface area contributed by atoms with Gasteiger partial charge in [0.05, 0.1) is 27.4 Å². The number of rotatable bonds is 6. The summed E-state index contributed by atoms with van der Waals surface area (Å²) in [6, 6.07) is 19.8. The number of methoxy groups -OCH3 is 3. The lowest BCUT2D eigenvalue weighted by molar-refractivity contribution is 0.0664. The molecule has 0 amide bonds. The van der Waals surface area contributed by atoms with Gasteiger partial charge >= 0.3 is 0 Å². The van der Waals surface area contributed by atoms with E-state index in [1.165, 1.54) is 33.5 Å². The lowest BCUT2D eigenvalue weighted by Gasteiger charge is -2.37. The maximum atomic E-state index is 14.9. The Morgan fingerprint density at radius 1 is 0.822 bits per heavy atom. The minimum Gasteiger partial charge on any atom is -0.493 e. The van der Waals surface area contributed by atoms with Gasteiger partial charge in [-0.2, -0.15) is 0 Å². The Hall–Kier alpha value is -5.24. The van der Waals surface area contributed by atoms with Gasteiger partial charge in [-0.05, 0) is 31.2 Å². The minimum atomic E-state index is -1.76. The molecular formula is C37H30FNO6. The molecule has 8 heteroatoms. The zero-order valence-corrected chi connectivity index (χ0v) is 25.2. The van der Waals surface area contributed by atoms with Gasteiger partial charge in [0, 0.05) is 39.4 Å². The molecule has 4 aromatic carbocycles. The van der Waals surface area contributed by atoms with E-state index in [9.17, 15) is 18.8 Å². The third kappa shape index (κ3) is 3.84. The van der Waals surface area contributed by atoms with E-state index < -0.39 is 29.2 Å². The highest BCUT2D eigenvalue weighted by Crippen LogP contribution is 2.63.